The van der Waals surface area contributed by atoms with Gasteiger partial charge in [0, 0.05) is 6.42 Å². The van der Waals surface area contributed by atoms with Crippen LogP contribution in [-0.4, -0.2) is 41.3 Å². The Morgan fingerprint density at radius 2 is 1.96 bits per heavy atom. The zero-order valence-electron chi connectivity index (χ0n) is 15.8. The van der Waals surface area contributed by atoms with Gasteiger partial charge in [0.1, 0.15) is 17.7 Å². The summed E-state index contributed by atoms with van der Waals surface area (Å²) in [5.74, 6) is -0.169. The highest BCUT2D eigenvalue weighted by molar-refractivity contribution is 5.83. The van der Waals surface area contributed by atoms with E-state index in [-0.39, 0.29) is 18.0 Å². The molecule has 1 aliphatic rings. The van der Waals surface area contributed by atoms with Crippen LogP contribution < -0.4 is 0 Å². The van der Waals surface area contributed by atoms with Crippen LogP contribution in [0.2, 0.25) is 0 Å². The van der Waals surface area contributed by atoms with E-state index in [0.717, 1.165) is 12.0 Å². The van der Waals surface area contributed by atoms with E-state index in [1.54, 1.807) is 4.90 Å². The van der Waals surface area contributed by atoms with Gasteiger partial charge < -0.3 is 9.47 Å². The van der Waals surface area contributed by atoms with E-state index in [4.69, 9.17) is 9.47 Å². The molecule has 0 N–H and O–H groups in total. The molecule has 25 heavy (non-hydrogen) atoms. The first-order valence-electron chi connectivity index (χ1n) is 8.95. The van der Waals surface area contributed by atoms with Crippen LogP contribution in [0.15, 0.2) is 30.3 Å². The fourth-order valence-electron chi connectivity index (χ4n) is 2.83. The molecule has 1 saturated heterocycles. The minimum absolute atomic E-state index is 0.187. The summed E-state index contributed by atoms with van der Waals surface area (Å²) < 4.78 is 11.2. The van der Waals surface area contributed by atoms with Crippen LogP contribution in [0.3, 0.4) is 0 Å². The summed E-state index contributed by atoms with van der Waals surface area (Å²) in [6.45, 7) is 9.92. The molecule has 0 radical (unpaired) electrons. The van der Waals surface area contributed by atoms with Crippen LogP contribution in [0, 0.1) is 5.92 Å². The Hall–Kier alpha value is -2.04. The molecule has 0 aliphatic carbocycles. The highest BCUT2D eigenvalue weighted by atomic mass is 16.6. The summed E-state index contributed by atoms with van der Waals surface area (Å²) in [4.78, 5) is 26.9. The van der Waals surface area contributed by atoms with Crippen molar-refractivity contribution >= 4 is 12.1 Å². The van der Waals surface area contributed by atoms with Crippen molar-refractivity contribution in [3.63, 3.8) is 0 Å². The Labute approximate surface area is 150 Å². The van der Waals surface area contributed by atoms with Crippen molar-refractivity contribution < 1.29 is 19.1 Å². The minimum Gasteiger partial charge on any atom is -0.459 e. The molecule has 1 amide bonds. The first-order valence-corrected chi connectivity index (χ1v) is 8.95. The molecule has 138 valence electrons. The molecule has 0 aromatic heterocycles. The number of ether oxygens (including phenoxy) is 2. The van der Waals surface area contributed by atoms with Crippen LogP contribution in [-0.2, 0) is 20.7 Å². The highest BCUT2D eigenvalue weighted by Crippen LogP contribution is 2.25. The van der Waals surface area contributed by atoms with Gasteiger partial charge in [0.2, 0.25) is 0 Å². The number of hydrogen-bond acceptors (Lipinski definition) is 4. The average molecular weight is 347 g/mol. The molecule has 5 nitrogen and oxygen atoms in total. The van der Waals surface area contributed by atoms with Gasteiger partial charge in [0.15, 0.2) is 0 Å². The van der Waals surface area contributed by atoms with E-state index in [9.17, 15) is 9.59 Å². The van der Waals surface area contributed by atoms with E-state index in [1.165, 1.54) is 0 Å². The SMILES string of the molecule is CC[C@H](C)[C@H]1CN(C(=O)OC(C)(C)C)[C@@H](Cc2ccccc2)C(=O)O1. The summed E-state index contributed by atoms with van der Waals surface area (Å²) in [6.07, 6.45) is 0.547. The first-order chi connectivity index (χ1) is 11.7. The second-order valence-corrected chi connectivity index (χ2v) is 7.70. The minimum atomic E-state index is -0.655. The molecule has 1 aromatic rings. The maximum atomic E-state index is 12.7. The molecule has 1 aliphatic heterocycles. The standard InChI is InChI=1S/C20H29NO4/c1-6-14(2)17-13-21(19(23)25-20(3,4)5)16(18(22)24-17)12-15-10-8-7-9-11-15/h7-11,14,16-17H,6,12-13H2,1-5H3/t14-,16-,17+/m0/s1. The first kappa shape index (κ1) is 19.3. The second-order valence-electron chi connectivity index (χ2n) is 7.70. The van der Waals surface area contributed by atoms with Gasteiger partial charge in [-0.1, -0.05) is 44.2 Å². The van der Waals surface area contributed by atoms with Crippen molar-refractivity contribution in [2.75, 3.05) is 6.54 Å². The molecule has 0 bridgehead atoms. The van der Waals surface area contributed by atoms with Crippen molar-refractivity contribution in [1.82, 2.24) is 4.90 Å². The van der Waals surface area contributed by atoms with Crippen LogP contribution in [0.5, 0.6) is 0 Å². The maximum Gasteiger partial charge on any atom is 0.411 e. The summed E-state index contributed by atoms with van der Waals surface area (Å²) in [5.41, 5.74) is 0.377. The summed E-state index contributed by atoms with van der Waals surface area (Å²) in [7, 11) is 0. The Morgan fingerprint density at radius 3 is 2.52 bits per heavy atom. The monoisotopic (exact) mass is 347 g/mol. The number of rotatable bonds is 4. The molecular weight excluding hydrogens is 318 g/mol. The number of hydrogen-bond donors (Lipinski definition) is 0. The third kappa shape index (κ3) is 5.21. The van der Waals surface area contributed by atoms with Gasteiger partial charge in [-0.05, 0) is 38.7 Å². The number of cyclic esters (lactones) is 1. The van der Waals surface area contributed by atoms with E-state index in [1.807, 2.05) is 65.0 Å². The van der Waals surface area contributed by atoms with Gasteiger partial charge in [-0.25, -0.2) is 9.59 Å². The van der Waals surface area contributed by atoms with Gasteiger partial charge in [0.05, 0.1) is 6.54 Å². The summed E-state index contributed by atoms with van der Waals surface area (Å²) in [6, 6.07) is 9.00. The highest BCUT2D eigenvalue weighted by Gasteiger charge is 2.42. The molecule has 5 heteroatoms. The van der Waals surface area contributed by atoms with E-state index >= 15 is 0 Å². The molecule has 2 rings (SSSR count). The van der Waals surface area contributed by atoms with Crippen molar-refractivity contribution in [2.24, 2.45) is 5.92 Å². The lowest BCUT2D eigenvalue weighted by Gasteiger charge is -2.40. The lowest BCUT2D eigenvalue weighted by atomic mass is 9.97. The van der Waals surface area contributed by atoms with E-state index in [2.05, 4.69) is 0 Å². The Balaban J connectivity index is 2.24. The molecule has 0 unspecified atom stereocenters. The number of esters is 1. The molecular formula is C20H29NO4. The smallest absolute Gasteiger partial charge is 0.411 e. The van der Waals surface area contributed by atoms with E-state index in [0.29, 0.717) is 13.0 Å². The van der Waals surface area contributed by atoms with Crippen molar-refractivity contribution in [3.8, 4) is 0 Å². The fourth-order valence-corrected chi connectivity index (χ4v) is 2.83. The predicted molar refractivity (Wildman–Crippen MR) is 96.2 cm³/mol. The number of nitrogens with zero attached hydrogens (tertiary/aromatic N) is 1. The van der Waals surface area contributed by atoms with Crippen LogP contribution in [0.1, 0.15) is 46.6 Å². The normalized spacial score (nSPS) is 22.3. The van der Waals surface area contributed by atoms with Crippen LogP contribution in [0.4, 0.5) is 4.79 Å². The number of benzene rings is 1. The second kappa shape index (κ2) is 7.89. The molecule has 1 fully saturated rings. The van der Waals surface area contributed by atoms with Gasteiger partial charge in [0.25, 0.3) is 0 Å². The van der Waals surface area contributed by atoms with Crippen molar-refractivity contribution in [1.29, 1.82) is 0 Å². The zero-order chi connectivity index (χ0) is 18.6. The quantitative estimate of drug-likeness (QED) is 0.777. The molecule has 0 saturated carbocycles. The molecule has 1 aromatic carbocycles. The number of carbonyl (C=O) groups is 2. The molecule has 3 atom stereocenters. The third-order valence-electron chi connectivity index (χ3n) is 4.47. The molecule has 0 spiro atoms. The topological polar surface area (TPSA) is 55.8 Å². The van der Waals surface area contributed by atoms with Crippen molar-refractivity contribution in [3.05, 3.63) is 35.9 Å². The van der Waals surface area contributed by atoms with Crippen LogP contribution >= 0.6 is 0 Å². The van der Waals surface area contributed by atoms with Gasteiger partial charge in [-0.2, -0.15) is 0 Å². The fraction of sp³-hybridized carbons (Fsp3) is 0.600. The predicted octanol–water partition coefficient (Wildman–Crippen LogP) is 3.81. The van der Waals surface area contributed by atoms with Crippen molar-refractivity contribution in [2.45, 2.75) is 65.2 Å². The summed E-state index contributed by atoms with van der Waals surface area (Å²) >= 11 is 0. The van der Waals surface area contributed by atoms with Crippen LogP contribution in [0.25, 0.3) is 0 Å². The zero-order valence-corrected chi connectivity index (χ0v) is 15.8. The lowest BCUT2D eigenvalue weighted by molar-refractivity contribution is -0.169. The Bertz CT molecular complexity index is 593. The average Bonchev–Trinajstić information content (AvgIpc) is 2.55. The molecule has 1 heterocycles. The lowest BCUT2D eigenvalue weighted by Crippen LogP contribution is -2.58. The third-order valence-corrected chi connectivity index (χ3v) is 4.47. The maximum absolute atomic E-state index is 12.7. The Kier molecular flexibility index (Phi) is 6.09. The number of amides is 1. The van der Waals surface area contributed by atoms with E-state index < -0.39 is 17.7 Å². The van der Waals surface area contributed by atoms with Gasteiger partial charge >= 0.3 is 12.1 Å². The van der Waals surface area contributed by atoms with Gasteiger partial charge in [-0.3, -0.25) is 4.90 Å². The summed E-state index contributed by atoms with van der Waals surface area (Å²) in [5, 5.41) is 0. The Morgan fingerprint density at radius 1 is 1.32 bits per heavy atom. The largest absolute Gasteiger partial charge is 0.459 e. The number of morpholine rings is 1. The number of carbonyl (C=O) groups excluding carboxylic acids is 2. The van der Waals surface area contributed by atoms with Gasteiger partial charge in [-0.15, -0.1) is 0 Å².